The van der Waals surface area contributed by atoms with Gasteiger partial charge in [0, 0.05) is 24.4 Å². The number of nitrogens with zero attached hydrogens (tertiary/aromatic N) is 1. The minimum Gasteiger partial charge on any atom is -0.469 e. The van der Waals surface area contributed by atoms with Crippen molar-refractivity contribution in [3.05, 3.63) is 58.1 Å². The minimum absolute atomic E-state index is 0.226. The molecule has 0 N–H and O–H groups in total. The third-order valence-electron chi connectivity index (χ3n) is 3.96. The Morgan fingerprint density at radius 2 is 2.14 bits per heavy atom. The van der Waals surface area contributed by atoms with Crippen LogP contribution in [0.3, 0.4) is 0 Å². The zero-order valence-corrected chi connectivity index (χ0v) is 12.4. The fourth-order valence-corrected chi connectivity index (χ4v) is 3.17. The van der Waals surface area contributed by atoms with E-state index in [0.29, 0.717) is 11.4 Å². The van der Waals surface area contributed by atoms with Gasteiger partial charge in [-0.3, -0.25) is 4.79 Å². The number of hydrogen-bond acceptors (Lipinski definition) is 2. The van der Waals surface area contributed by atoms with E-state index in [4.69, 9.17) is 16.3 Å². The van der Waals surface area contributed by atoms with Gasteiger partial charge in [-0.05, 0) is 30.2 Å². The van der Waals surface area contributed by atoms with E-state index in [0.717, 1.165) is 29.9 Å². The molecule has 1 aromatic carbocycles. The second-order valence-corrected chi connectivity index (χ2v) is 5.59. The molecule has 0 bridgehead atoms. The van der Waals surface area contributed by atoms with Crippen molar-refractivity contribution in [1.82, 2.24) is 4.57 Å². The lowest BCUT2D eigenvalue weighted by Gasteiger charge is -2.07. The summed E-state index contributed by atoms with van der Waals surface area (Å²) in [6.07, 6.45) is 1.35. The maximum absolute atomic E-state index is 13.0. The number of aromatic nitrogens is 1. The van der Waals surface area contributed by atoms with Crippen molar-refractivity contribution in [2.75, 3.05) is 7.11 Å². The SMILES string of the molecule is COC(=O)C1CCn2c1cc(Cl)c2Cc1ccc(F)cc1. The van der Waals surface area contributed by atoms with E-state index in [1.54, 1.807) is 12.1 Å². The zero-order valence-electron chi connectivity index (χ0n) is 11.6. The molecule has 0 spiro atoms. The van der Waals surface area contributed by atoms with Crippen LogP contribution in [-0.4, -0.2) is 17.6 Å². The molecule has 3 rings (SSSR count). The predicted octanol–water partition coefficient (Wildman–Crippen LogP) is 3.53. The van der Waals surface area contributed by atoms with Crippen LogP contribution in [0.5, 0.6) is 0 Å². The molecule has 0 fully saturated rings. The summed E-state index contributed by atoms with van der Waals surface area (Å²) in [5, 5.41) is 0.642. The lowest BCUT2D eigenvalue weighted by molar-refractivity contribution is -0.142. The van der Waals surface area contributed by atoms with Gasteiger partial charge < -0.3 is 9.30 Å². The maximum Gasteiger partial charge on any atom is 0.314 e. The molecular formula is C16H15ClFNO2. The van der Waals surface area contributed by atoms with Gasteiger partial charge in [-0.1, -0.05) is 23.7 Å². The molecule has 3 nitrogen and oxygen atoms in total. The molecule has 2 heterocycles. The second kappa shape index (κ2) is 5.53. The molecule has 2 aromatic rings. The van der Waals surface area contributed by atoms with Crippen molar-refractivity contribution in [1.29, 1.82) is 0 Å². The van der Waals surface area contributed by atoms with Gasteiger partial charge in [0.2, 0.25) is 0 Å². The molecule has 110 valence electrons. The largest absolute Gasteiger partial charge is 0.469 e. The summed E-state index contributed by atoms with van der Waals surface area (Å²) >= 11 is 6.31. The molecule has 5 heteroatoms. The smallest absolute Gasteiger partial charge is 0.314 e. The van der Waals surface area contributed by atoms with Crippen molar-refractivity contribution < 1.29 is 13.9 Å². The van der Waals surface area contributed by atoms with Crippen LogP contribution in [0.2, 0.25) is 5.02 Å². The number of methoxy groups -OCH3 is 1. The topological polar surface area (TPSA) is 31.2 Å². The fraction of sp³-hybridized carbons (Fsp3) is 0.312. The first-order valence-corrected chi connectivity index (χ1v) is 7.18. The summed E-state index contributed by atoms with van der Waals surface area (Å²) in [7, 11) is 1.40. The fourth-order valence-electron chi connectivity index (χ4n) is 2.89. The van der Waals surface area contributed by atoms with Crippen LogP contribution in [0.15, 0.2) is 30.3 Å². The maximum atomic E-state index is 13.0. The zero-order chi connectivity index (χ0) is 15.0. The monoisotopic (exact) mass is 307 g/mol. The van der Waals surface area contributed by atoms with Crippen LogP contribution >= 0.6 is 11.6 Å². The summed E-state index contributed by atoms with van der Waals surface area (Å²) in [6, 6.07) is 8.22. The number of carbonyl (C=O) groups is 1. The van der Waals surface area contributed by atoms with Crippen LogP contribution in [0.4, 0.5) is 4.39 Å². The number of esters is 1. The van der Waals surface area contributed by atoms with Crippen LogP contribution in [0, 0.1) is 5.82 Å². The number of carbonyl (C=O) groups excluding carboxylic acids is 1. The average Bonchev–Trinajstić information content (AvgIpc) is 3.01. The van der Waals surface area contributed by atoms with Gasteiger partial charge in [-0.25, -0.2) is 4.39 Å². The molecule has 1 unspecified atom stereocenters. The van der Waals surface area contributed by atoms with Crippen LogP contribution in [0.25, 0.3) is 0 Å². The van der Waals surface area contributed by atoms with Crippen LogP contribution in [-0.2, 0) is 22.5 Å². The summed E-state index contributed by atoms with van der Waals surface area (Å²) in [5.41, 5.74) is 2.86. The number of ether oxygens (including phenoxy) is 1. The lowest BCUT2D eigenvalue weighted by atomic mass is 10.1. The molecule has 1 aliphatic heterocycles. The molecule has 1 aliphatic rings. The van der Waals surface area contributed by atoms with Gasteiger partial charge in [-0.15, -0.1) is 0 Å². The highest BCUT2D eigenvalue weighted by atomic mass is 35.5. The average molecular weight is 308 g/mol. The highest BCUT2D eigenvalue weighted by Crippen LogP contribution is 2.36. The highest BCUT2D eigenvalue weighted by Gasteiger charge is 2.32. The molecule has 0 aliphatic carbocycles. The Morgan fingerprint density at radius 3 is 2.81 bits per heavy atom. The number of hydrogen-bond donors (Lipinski definition) is 0. The van der Waals surface area contributed by atoms with Crippen LogP contribution in [0.1, 0.15) is 29.3 Å². The van der Waals surface area contributed by atoms with Crippen LogP contribution < -0.4 is 0 Å². The Bertz CT molecular complexity index is 678. The van der Waals surface area contributed by atoms with E-state index in [1.807, 2.05) is 6.07 Å². The molecule has 0 saturated carbocycles. The number of rotatable bonds is 3. The van der Waals surface area contributed by atoms with E-state index in [2.05, 4.69) is 4.57 Å². The normalized spacial score (nSPS) is 16.8. The first kappa shape index (κ1) is 14.1. The Morgan fingerprint density at radius 1 is 1.43 bits per heavy atom. The first-order valence-electron chi connectivity index (χ1n) is 6.80. The standard InChI is InChI=1S/C16H15ClFNO2/c1-21-16(20)12-6-7-19-14(12)9-13(17)15(19)8-10-2-4-11(18)5-3-10/h2-5,9,12H,6-8H2,1H3. The Kier molecular flexibility index (Phi) is 3.72. The third-order valence-corrected chi connectivity index (χ3v) is 4.28. The van der Waals surface area contributed by atoms with Crippen molar-refractivity contribution >= 4 is 17.6 Å². The summed E-state index contributed by atoms with van der Waals surface area (Å²) in [5.74, 6) is -0.721. The van der Waals surface area contributed by atoms with Crippen molar-refractivity contribution in [2.45, 2.75) is 25.3 Å². The summed E-state index contributed by atoms with van der Waals surface area (Å²) in [6.45, 7) is 0.748. The molecule has 1 aromatic heterocycles. The highest BCUT2D eigenvalue weighted by molar-refractivity contribution is 6.31. The second-order valence-electron chi connectivity index (χ2n) is 5.18. The molecule has 0 radical (unpaired) electrons. The molecule has 1 atom stereocenters. The van der Waals surface area contributed by atoms with Crippen molar-refractivity contribution in [3.63, 3.8) is 0 Å². The van der Waals surface area contributed by atoms with Gasteiger partial charge in [0.05, 0.1) is 18.1 Å². The molecule has 0 amide bonds. The first-order chi connectivity index (χ1) is 10.1. The number of halogens is 2. The van der Waals surface area contributed by atoms with E-state index in [-0.39, 0.29) is 17.7 Å². The third kappa shape index (κ3) is 2.56. The molecule has 21 heavy (non-hydrogen) atoms. The minimum atomic E-state index is -0.254. The van der Waals surface area contributed by atoms with Gasteiger partial charge >= 0.3 is 5.97 Å². The van der Waals surface area contributed by atoms with Gasteiger partial charge in [0.25, 0.3) is 0 Å². The number of benzene rings is 1. The van der Waals surface area contributed by atoms with Gasteiger partial charge in [0.15, 0.2) is 0 Å². The summed E-state index contributed by atoms with van der Waals surface area (Å²) in [4.78, 5) is 11.8. The Labute approximate surface area is 127 Å². The molecular weight excluding hydrogens is 293 g/mol. The van der Waals surface area contributed by atoms with E-state index < -0.39 is 0 Å². The Balaban J connectivity index is 1.91. The van der Waals surface area contributed by atoms with Gasteiger partial charge in [0.1, 0.15) is 5.82 Å². The van der Waals surface area contributed by atoms with E-state index in [1.165, 1.54) is 19.2 Å². The van der Waals surface area contributed by atoms with Gasteiger partial charge in [-0.2, -0.15) is 0 Å². The Hall–Kier alpha value is -1.81. The van der Waals surface area contributed by atoms with E-state index in [9.17, 15) is 9.18 Å². The van der Waals surface area contributed by atoms with Crippen molar-refractivity contribution in [3.8, 4) is 0 Å². The predicted molar refractivity (Wildman–Crippen MR) is 78.0 cm³/mol. The molecule has 0 saturated heterocycles. The van der Waals surface area contributed by atoms with E-state index >= 15 is 0 Å². The van der Waals surface area contributed by atoms with Crippen molar-refractivity contribution in [2.24, 2.45) is 0 Å². The number of fused-ring (bicyclic) bond motifs is 1. The quantitative estimate of drug-likeness (QED) is 0.812. The summed E-state index contributed by atoms with van der Waals surface area (Å²) < 4.78 is 19.9. The lowest BCUT2D eigenvalue weighted by Crippen LogP contribution is -2.11.